The lowest BCUT2D eigenvalue weighted by Crippen LogP contribution is -2.05. The molecule has 0 aliphatic heterocycles. The summed E-state index contributed by atoms with van der Waals surface area (Å²) in [5.74, 6) is 0.771. The van der Waals surface area contributed by atoms with Gasteiger partial charge in [-0.3, -0.25) is 4.79 Å². The molecule has 0 aliphatic carbocycles. The molecule has 5 nitrogen and oxygen atoms in total. The average molecular weight is 433 g/mol. The highest BCUT2D eigenvalue weighted by Gasteiger charge is 2.07. The number of rotatable bonds is 9. The van der Waals surface area contributed by atoms with E-state index in [0.29, 0.717) is 29.9 Å². The zero-order valence-electron chi connectivity index (χ0n) is 15.2. The van der Waals surface area contributed by atoms with Gasteiger partial charge in [0.1, 0.15) is 0 Å². The smallest absolute Gasteiger partial charge is 0.330 e. The topological polar surface area (TPSA) is 61.8 Å². The van der Waals surface area contributed by atoms with Gasteiger partial charge in [-0.2, -0.15) is 0 Å². The van der Waals surface area contributed by atoms with Crippen LogP contribution >= 0.6 is 15.9 Å². The number of methoxy groups -OCH3 is 2. The van der Waals surface area contributed by atoms with Crippen LogP contribution in [0, 0.1) is 0 Å². The van der Waals surface area contributed by atoms with E-state index in [1.54, 1.807) is 44.6 Å². The van der Waals surface area contributed by atoms with E-state index in [0.717, 1.165) is 10.0 Å². The van der Waals surface area contributed by atoms with Crippen molar-refractivity contribution >= 4 is 33.8 Å². The van der Waals surface area contributed by atoms with Crippen LogP contribution in [0.15, 0.2) is 53.0 Å². The number of Topliss-reactive ketones (excluding diaryl/α,β-unsaturated/α-hetero) is 1. The molecule has 0 unspecified atom stereocenters. The molecule has 142 valence electrons. The van der Waals surface area contributed by atoms with Crippen molar-refractivity contribution in [2.45, 2.75) is 12.8 Å². The van der Waals surface area contributed by atoms with Gasteiger partial charge < -0.3 is 14.2 Å². The molecule has 0 radical (unpaired) electrons. The van der Waals surface area contributed by atoms with E-state index in [4.69, 9.17) is 14.2 Å². The zero-order valence-corrected chi connectivity index (χ0v) is 16.8. The number of hydrogen-bond acceptors (Lipinski definition) is 5. The van der Waals surface area contributed by atoms with Gasteiger partial charge in [0.2, 0.25) is 0 Å². The zero-order chi connectivity index (χ0) is 19.6. The fourth-order valence-electron chi connectivity index (χ4n) is 2.35. The Morgan fingerprint density at radius 3 is 2.37 bits per heavy atom. The number of ketones is 1. The molecule has 6 heteroatoms. The molecule has 0 saturated heterocycles. The van der Waals surface area contributed by atoms with Crippen LogP contribution in [0.3, 0.4) is 0 Å². The first-order valence-corrected chi connectivity index (χ1v) is 9.18. The van der Waals surface area contributed by atoms with Gasteiger partial charge in [0.25, 0.3) is 0 Å². The minimum absolute atomic E-state index is 0.0272. The van der Waals surface area contributed by atoms with Gasteiger partial charge in [0.15, 0.2) is 17.3 Å². The third-order valence-electron chi connectivity index (χ3n) is 3.78. The Morgan fingerprint density at radius 2 is 1.70 bits per heavy atom. The SMILES string of the molecule is COc1ccc(C=CC(=O)OCCCC(=O)c2ccc(Br)cc2)cc1OC. The van der Waals surface area contributed by atoms with E-state index in [-0.39, 0.29) is 12.4 Å². The molecule has 0 saturated carbocycles. The van der Waals surface area contributed by atoms with E-state index < -0.39 is 5.97 Å². The predicted octanol–water partition coefficient (Wildman–Crippen LogP) is 4.69. The van der Waals surface area contributed by atoms with E-state index in [9.17, 15) is 9.59 Å². The summed E-state index contributed by atoms with van der Waals surface area (Å²) in [6.45, 7) is 0.192. The first-order chi connectivity index (χ1) is 13.0. The second kappa shape index (κ2) is 10.5. The van der Waals surface area contributed by atoms with Crippen molar-refractivity contribution in [3.8, 4) is 11.5 Å². The van der Waals surface area contributed by atoms with Crippen molar-refractivity contribution in [1.29, 1.82) is 0 Å². The Balaban J connectivity index is 1.76. The summed E-state index contributed by atoms with van der Waals surface area (Å²) in [5.41, 5.74) is 1.44. The standard InChI is InChI=1S/C21H21BrO5/c1-25-19-11-5-15(14-20(19)26-2)6-12-21(24)27-13-3-4-18(23)16-7-9-17(22)10-8-16/h5-12,14H,3-4,13H2,1-2H3. The number of halogens is 1. The Bertz CT molecular complexity index is 812. The minimum atomic E-state index is -0.458. The fourth-order valence-corrected chi connectivity index (χ4v) is 2.62. The molecule has 0 heterocycles. The van der Waals surface area contributed by atoms with Crippen molar-refractivity contribution in [3.05, 3.63) is 64.1 Å². The largest absolute Gasteiger partial charge is 0.493 e. The first-order valence-electron chi connectivity index (χ1n) is 8.39. The number of carbonyl (C=O) groups excluding carboxylic acids is 2. The Hall–Kier alpha value is -2.60. The highest BCUT2D eigenvalue weighted by molar-refractivity contribution is 9.10. The summed E-state index contributed by atoms with van der Waals surface area (Å²) in [7, 11) is 3.11. The van der Waals surface area contributed by atoms with Crippen LogP contribution in [0.2, 0.25) is 0 Å². The number of ether oxygens (including phenoxy) is 3. The van der Waals surface area contributed by atoms with Crippen molar-refractivity contribution in [3.63, 3.8) is 0 Å². The number of hydrogen-bond donors (Lipinski definition) is 0. The molecule has 2 rings (SSSR count). The van der Waals surface area contributed by atoms with Gasteiger partial charge >= 0.3 is 5.97 Å². The predicted molar refractivity (Wildman–Crippen MR) is 107 cm³/mol. The molecule has 0 atom stereocenters. The maximum absolute atomic E-state index is 12.0. The fraction of sp³-hybridized carbons (Fsp3) is 0.238. The van der Waals surface area contributed by atoms with Crippen LogP contribution < -0.4 is 9.47 Å². The molecule has 0 aliphatic rings. The van der Waals surface area contributed by atoms with Gasteiger partial charge in [-0.25, -0.2) is 4.79 Å². The van der Waals surface area contributed by atoms with Gasteiger partial charge in [-0.1, -0.05) is 34.1 Å². The van der Waals surface area contributed by atoms with Gasteiger partial charge in [-0.15, -0.1) is 0 Å². The first kappa shape index (κ1) is 20.7. The van der Waals surface area contributed by atoms with Crippen LogP contribution in [0.1, 0.15) is 28.8 Å². The third-order valence-corrected chi connectivity index (χ3v) is 4.31. The van der Waals surface area contributed by atoms with E-state index in [1.165, 1.54) is 6.08 Å². The molecular formula is C21H21BrO5. The third kappa shape index (κ3) is 6.57. The van der Waals surface area contributed by atoms with Gasteiger partial charge in [0.05, 0.1) is 20.8 Å². The lowest BCUT2D eigenvalue weighted by Gasteiger charge is -2.07. The lowest BCUT2D eigenvalue weighted by atomic mass is 10.1. The average Bonchev–Trinajstić information content (AvgIpc) is 2.69. The van der Waals surface area contributed by atoms with Crippen LogP contribution in [-0.2, 0) is 9.53 Å². The molecule has 0 spiro atoms. The molecule has 2 aromatic rings. The molecule has 2 aromatic carbocycles. The Kier molecular flexibility index (Phi) is 8.07. The highest BCUT2D eigenvalue weighted by Crippen LogP contribution is 2.27. The van der Waals surface area contributed by atoms with E-state index in [1.807, 2.05) is 18.2 Å². The van der Waals surface area contributed by atoms with Gasteiger partial charge in [0, 0.05) is 22.5 Å². The summed E-state index contributed by atoms with van der Waals surface area (Å²) in [6, 6.07) is 12.5. The Morgan fingerprint density at radius 1 is 1.00 bits per heavy atom. The molecule has 0 N–H and O–H groups in total. The monoisotopic (exact) mass is 432 g/mol. The Labute approximate surface area is 167 Å². The molecule has 27 heavy (non-hydrogen) atoms. The molecule has 0 aromatic heterocycles. The quantitative estimate of drug-likeness (QED) is 0.249. The maximum atomic E-state index is 12.0. The molecular weight excluding hydrogens is 412 g/mol. The summed E-state index contributed by atoms with van der Waals surface area (Å²) in [5, 5.41) is 0. The second-order valence-corrected chi connectivity index (χ2v) is 6.56. The normalized spacial score (nSPS) is 10.6. The van der Waals surface area contributed by atoms with E-state index in [2.05, 4.69) is 15.9 Å². The van der Waals surface area contributed by atoms with Crippen molar-refractivity contribution < 1.29 is 23.8 Å². The number of benzene rings is 2. The van der Waals surface area contributed by atoms with Crippen molar-refractivity contribution in [2.75, 3.05) is 20.8 Å². The van der Waals surface area contributed by atoms with Gasteiger partial charge in [-0.05, 0) is 42.3 Å². The van der Waals surface area contributed by atoms with Crippen LogP contribution in [0.4, 0.5) is 0 Å². The van der Waals surface area contributed by atoms with E-state index >= 15 is 0 Å². The molecule has 0 fully saturated rings. The maximum Gasteiger partial charge on any atom is 0.330 e. The molecule has 0 bridgehead atoms. The summed E-state index contributed by atoms with van der Waals surface area (Å²) in [6.07, 6.45) is 3.79. The summed E-state index contributed by atoms with van der Waals surface area (Å²) >= 11 is 3.33. The van der Waals surface area contributed by atoms with Crippen LogP contribution in [0.5, 0.6) is 11.5 Å². The second-order valence-electron chi connectivity index (χ2n) is 5.65. The number of esters is 1. The molecule has 0 amide bonds. The van der Waals surface area contributed by atoms with Crippen molar-refractivity contribution in [1.82, 2.24) is 0 Å². The van der Waals surface area contributed by atoms with Crippen LogP contribution in [0.25, 0.3) is 6.08 Å². The lowest BCUT2D eigenvalue weighted by molar-refractivity contribution is -0.137. The summed E-state index contributed by atoms with van der Waals surface area (Å²) < 4.78 is 16.4. The van der Waals surface area contributed by atoms with Crippen LogP contribution in [-0.4, -0.2) is 32.6 Å². The van der Waals surface area contributed by atoms with Crippen molar-refractivity contribution in [2.24, 2.45) is 0 Å². The highest BCUT2D eigenvalue weighted by atomic mass is 79.9. The summed E-state index contributed by atoms with van der Waals surface area (Å²) in [4.78, 5) is 23.8. The number of carbonyl (C=O) groups is 2. The minimum Gasteiger partial charge on any atom is -0.493 e.